The molecule has 7 heteroatoms. The smallest absolute Gasteiger partial charge is 0.339 e. The Balaban J connectivity index is 1.54. The number of rotatable bonds is 6. The van der Waals surface area contributed by atoms with Crippen LogP contribution in [0.5, 0.6) is 11.5 Å². The van der Waals surface area contributed by atoms with E-state index in [1.807, 2.05) is 24.3 Å². The third kappa shape index (κ3) is 5.08. The minimum absolute atomic E-state index is 0.403. The van der Waals surface area contributed by atoms with Gasteiger partial charge in [0.2, 0.25) is 0 Å². The minimum Gasteiger partial charge on any atom is -0.497 e. The van der Waals surface area contributed by atoms with Gasteiger partial charge in [0.25, 0.3) is 5.91 Å². The van der Waals surface area contributed by atoms with Crippen LogP contribution >= 0.6 is 0 Å². The van der Waals surface area contributed by atoms with Crippen LogP contribution in [0.4, 0.5) is 5.69 Å². The molecule has 1 amide bonds. The third-order valence-corrected chi connectivity index (χ3v) is 5.89. The summed E-state index contributed by atoms with van der Waals surface area (Å²) >= 11 is 0. The Morgan fingerprint density at radius 2 is 1.76 bits per heavy atom. The highest BCUT2D eigenvalue weighted by molar-refractivity contribution is 6.06. The van der Waals surface area contributed by atoms with E-state index in [1.54, 1.807) is 25.3 Å². The third-order valence-electron chi connectivity index (χ3n) is 5.89. The number of pyridine rings is 1. The number of methoxy groups -OCH3 is 2. The number of para-hydroxylation sites is 1. The van der Waals surface area contributed by atoms with Gasteiger partial charge in [-0.15, -0.1) is 0 Å². The molecule has 0 bridgehead atoms. The molecule has 3 aromatic rings. The molecule has 0 atom stereocenters. The van der Waals surface area contributed by atoms with Gasteiger partial charge in [-0.2, -0.15) is 0 Å². The summed E-state index contributed by atoms with van der Waals surface area (Å²) in [6.45, 7) is -0.403. The van der Waals surface area contributed by atoms with Gasteiger partial charge < -0.3 is 19.5 Å². The number of aromatic nitrogens is 1. The Morgan fingerprint density at radius 1 is 0.970 bits per heavy atom. The Hall–Kier alpha value is -3.61. The van der Waals surface area contributed by atoms with Gasteiger partial charge in [0.15, 0.2) is 6.61 Å². The van der Waals surface area contributed by atoms with E-state index in [2.05, 4.69) is 5.32 Å². The van der Waals surface area contributed by atoms with E-state index in [0.717, 1.165) is 54.3 Å². The molecule has 1 aliphatic rings. The fraction of sp³-hybridized carbons (Fsp3) is 0.346. The van der Waals surface area contributed by atoms with Crippen LogP contribution in [0, 0.1) is 0 Å². The van der Waals surface area contributed by atoms with Crippen LogP contribution in [0.2, 0.25) is 0 Å². The zero-order valence-electron chi connectivity index (χ0n) is 19.0. The molecule has 2 aromatic carbocycles. The molecule has 0 aliphatic heterocycles. The van der Waals surface area contributed by atoms with Crippen molar-refractivity contribution in [2.45, 2.75) is 38.5 Å². The number of nitrogens with one attached hydrogen (secondary N) is 1. The number of carbonyl (C=O) groups excluding carboxylic acids is 2. The summed E-state index contributed by atoms with van der Waals surface area (Å²) in [7, 11) is 3.06. The van der Waals surface area contributed by atoms with Gasteiger partial charge in [-0.05, 0) is 49.4 Å². The first kappa shape index (κ1) is 22.6. The number of anilines is 1. The molecule has 0 radical (unpaired) electrons. The fourth-order valence-corrected chi connectivity index (χ4v) is 4.25. The van der Waals surface area contributed by atoms with Crippen molar-refractivity contribution < 1.29 is 23.8 Å². The number of carbonyl (C=O) groups is 2. The Bertz CT molecular complexity index is 1170. The van der Waals surface area contributed by atoms with Gasteiger partial charge in [-0.1, -0.05) is 31.0 Å². The maximum atomic E-state index is 13.2. The first-order valence-electron chi connectivity index (χ1n) is 11.2. The van der Waals surface area contributed by atoms with Crippen LogP contribution in [0.3, 0.4) is 0 Å². The molecule has 172 valence electrons. The molecule has 0 unspecified atom stereocenters. The number of fused-ring (bicyclic) bond motifs is 2. The van der Waals surface area contributed by atoms with E-state index in [4.69, 9.17) is 19.2 Å². The molecule has 0 spiro atoms. The molecule has 0 saturated heterocycles. The lowest BCUT2D eigenvalue weighted by Crippen LogP contribution is -2.22. The summed E-state index contributed by atoms with van der Waals surface area (Å²) in [6, 6.07) is 12.7. The number of esters is 1. The molecule has 7 nitrogen and oxygen atoms in total. The maximum Gasteiger partial charge on any atom is 0.339 e. The molecule has 0 saturated carbocycles. The molecule has 1 heterocycles. The van der Waals surface area contributed by atoms with Crippen LogP contribution in [0.15, 0.2) is 42.5 Å². The maximum absolute atomic E-state index is 13.2. The highest BCUT2D eigenvalue weighted by Gasteiger charge is 2.23. The lowest BCUT2D eigenvalue weighted by molar-refractivity contribution is -0.119. The largest absolute Gasteiger partial charge is 0.497 e. The van der Waals surface area contributed by atoms with Gasteiger partial charge in [0.05, 0.1) is 31.0 Å². The summed E-state index contributed by atoms with van der Waals surface area (Å²) in [5.41, 5.74) is 3.70. The minimum atomic E-state index is -0.498. The second-order valence-electron chi connectivity index (χ2n) is 8.03. The quantitative estimate of drug-likeness (QED) is 0.550. The van der Waals surface area contributed by atoms with Crippen molar-refractivity contribution in [1.82, 2.24) is 4.98 Å². The van der Waals surface area contributed by atoms with Gasteiger partial charge in [0, 0.05) is 17.1 Å². The standard InChI is InChI=1S/C26H28N2O5/c1-31-17-13-14-22(23(15-17)32-2)28-24(29)16-33-26(30)25-18-9-5-3-4-6-11-20(18)27-21-12-8-7-10-19(21)25/h7-8,10,12-15H,3-6,9,11,16H2,1-2H3,(H,28,29). The Labute approximate surface area is 193 Å². The van der Waals surface area contributed by atoms with Crippen LogP contribution < -0.4 is 14.8 Å². The zero-order valence-corrected chi connectivity index (χ0v) is 19.0. The van der Waals surface area contributed by atoms with E-state index in [9.17, 15) is 9.59 Å². The predicted molar refractivity (Wildman–Crippen MR) is 126 cm³/mol. The van der Waals surface area contributed by atoms with Crippen molar-refractivity contribution in [1.29, 1.82) is 0 Å². The van der Waals surface area contributed by atoms with Crippen molar-refractivity contribution in [3.63, 3.8) is 0 Å². The average molecular weight is 449 g/mol. The topological polar surface area (TPSA) is 86.8 Å². The molecule has 0 fully saturated rings. The van der Waals surface area contributed by atoms with Crippen LogP contribution in [-0.4, -0.2) is 37.7 Å². The summed E-state index contributed by atoms with van der Waals surface area (Å²) in [5, 5.41) is 3.49. The number of hydrogen-bond donors (Lipinski definition) is 1. The normalized spacial score (nSPS) is 13.4. The van der Waals surface area contributed by atoms with Crippen molar-refractivity contribution in [2.75, 3.05) is 26.1 Å². The Morgan fingerprint density at radius 3 is 2.55 bits per heavy atom. The number of aryl methyl sites for hydroxylation is 1. The zero-order chi connectivity index (χ0) is 23.2. The Kier molecular flexibility index (Phi) is 7.07. The van der Waals surface area contributed by atoms with Crippen LogP contribution in [0.25, 0.3) is 10.9 Å². The van der Waals surface area contributed by atoms with Crippen LogP contribution in [-0.2, 0) is 22.4 Å². The van der Waals surface area contributed by atoms with Crippen molar-refractivity contribution in [3.8, 4) is 11.5 Å². The highest BCUT2D eigenvalue weighted by atomic mass is 16.5. The monoisotopic (exact) mass is 448 g/mol. The molecular formula is C26H28N2O5. The summed E-state index contributed by atoms with van der Waals surface area (Å²) in [6.07, 6.45) is 5.99. The molecular weight excluding hydrogens is 420 g/mol. The number of hydrogen-bond acceptors (Lipinski definition) is 6. The number of amides is 1. The number of nitrogens with zero attached hydrogens (tertiary/aromatic N) is 1. The van der Waals surface area contributed by atoms with E-state index in [0.29, 0.717) is 22.7 Å². The van der Waals surface area contributed by atoms with Gasteiger partial charge >= 0.3 is 5.97 Å². The molecule has 33 heavy (non-hydrogen) atoms. The van der Waals surface area contributed by atoms with Gasteiger partial charge in [-0.25, -0.2) is 4.79 Å². The van der Waals surface area contributed by atoms with Crippen molar-refractivity contribution in [2.24, 2.45) is 0 Å². The lowest BCUT2D eigenvalue weighted by atomic mass is 9.91. The lowest BCUT2D eigenvalue weighted by Gasteiger charge is -2.18. The summed E-state index contributed by atoms with van der Waals surface area (Å²) < 4.78 is 16.0. The highest BCUT2D eigenvalue weighted by Crippen LogP contribution is 2.30. The van der Waals surface area contributed by atoms with E-state index >= 15 is 0 Å². The van der Waals surface area contributed by atoms with E-state index in [-0.39, 0.29) is 0 Å². The van der Waals surface area contributed by atoms with E-state index in [1.165, 1.54) is 13.5 Å². The average Bonchev–Trinajstić information content (AvgIpc) is 2.82. The first-order chi connectivity index (χ1) is 16.1. The molecule has 1 aromatic heterocycles. The van der Waals surface area contributed by atoms with Crippen LogP contribution in [0.1, 0.15) is 47.3 Å². The van der Waals surface area contributed by atoms with Crippen molar-refractivity contribution in [3.05, 3.63) is 59.3 Å². The summed E-state index contributed by atoms with van der Waals surface area (Å²) in [5.74, 6) is 0.114. The van der Waals surface area contributed by atoms with Crippen molar-refractivity contribution >= 4 is 28.5 Å². The second-order valence-corrected chi connectivity index (χ2v) is 8.03. The molecule has 1 N–H and O–H groups in total. The first-order valence-corrected chi connectivity index (χ1v) is 11.2. The number of ether oxygens (including phenoxy) is 3. The van der Waals surface area contributed by atoms with E-state index < -0.39 is 18.5 Å². The molecule has 1 aliphatic carbocycles. The van der Waals surface area contributed by atoms with Gasteiger partial charge in [-0.3, -0.25) is 9.78 Å². The second kappa shape index (κ2) is 10.3. The van der Waals surface area contributed by atoms with Gasteiger partial charge in [0.1, 0.15) is 11.5 Å². The fourth-order valence-electron chi connectivity index (χ4n) is 4.25. The SMILES string of the molecule is COc1ccc(NC(=O)COC(=O)c2c3c(nc4ccccc24)CCCCCC3)c(OC)c1. The number of benzene rings is 2. The molecule has 4 rings (SSSR count). The predicted octanol–water partition coefficient (Wildman–Crippen LogP) is 4.71. The summed E-state index contributed by atoms with van der Waals surface area (Å²) in [4.78, 5) is 30.6.